The van der Waals surface area contributed by atoms with Crippen molar-refractivity contribution in [2.75, 3.05) is 7.11 Å². The molecule has 0 fully saturated rings. The van der Waals surface area contributed by atoms with E-state index < -0.39 is 22.0 Å². The fraction of sp³-hybridized carbons (Fsp3) is 0.273. The number of ether oxygens (including phenoxy) is 1. The van der Waals surface area contributed by atoms with Gasteiger partial charge in [-0.2, -0.15) is 4.72 Å². The molecule has 0 aliphatic rings. The molecule has 7 nitrogen and oxygen atoms in total. The molecule has 1 N–H and O–H groups in total. The average molecular weight is 318 g/mol. The Labute approximate surface area is 120 Å². The molecule has 0 saturated heterocycles. The summed E-state index contributed by atoms with van der Waals surface area (Å²) < 4.78 is 32.6. The summed E-state index contributed by atoms with van der Waals surface area (Å²) in [5.41, 5.74) is 0.392. The number of sulfonamides is 1. The lowest BCUT2D eigenvalue weighted by atomic mass is 10.4. The highest BCUT2D eigenvalue weighted by atomic mass is 35.5. The Morgan fingerprint density at radius 3 is 2.85 bits per heavy atom. The number of aromatic nitrogens is 2. The lowest BCUT2D eigenvalue weighted by molar-refractivity contribution is -0.142. The summed E-state index contributed by atoms with van der Waals surface area (Å²) >= 11 is 5.88. The van der Waals surface area contributed by atoms with Gasteiger partial charge in [-0.25, -0.2) is 13.4 Å². The topological polar surface area (TPSA) is 89.8 Å². The molecule has 20 heavy (non-hydrogen) atoms. The number of halogens is 1. The molecule has 0 spiro atoms. The number of hydrogen-bond donors (Lipinski definition) is 1. The number of nitrogens with zero attached hydrogens (tertiary/aromatic N) is 2. The van der Waals surface area contributed by atoms with E-state index in [0.717, 1.165) is 0 Å². The Balaban J connectivity index is 2.47. The van der Waals surface area contributed by atoms with Crippen LogP contribution in [0.3, 0.4) is 0 Å². The standard InChI is InChI=1S/C11H12ClN3O4S/c1-7(11(16)19-2)14-20(17,18)10-9(12)13-8-5-3-4-6-15(8)10/h3-7,14H,1-2H3. The Hall–Kier alpha value is -1.64. The SMILES string of the molecule is COC(=O)C(C)NS(=O)(=O)c1c(Cl)nc2ccccn12. The number of nitrogens with one attached hydrogen (secondary N) is 1. The molecule has 0 radical (unpaired) electrons. The fourth-order valence-electron chi connectivity index (χ4n) is 1.70. The third-order valence-corrected chi connectivity index (χ3v) is 4.53. The van der Waals surface area contributed by atoms with Crippen molar-refractivity contribution < 1.29 is 17.9 Å². The van der Waals surface area contributed by atoms with Crippen molar-refractivity contribution in [3.8, 4) is 0 Å². The van der Waals surface area contributed by atoms with Crippen LogP contribution in [-0.2, 0) is 19.6 Å². The minimum absolute atomic E-state index is 0.166. The second-order valence-corrected chi connectivity index (χ2v) is 5.99. The maximum Gasteiger partial charge on any atom is 0.323 e. The van der Waals surface area contributed by atoms with Gasteiger partial charge in [0.2, 0.25) is 0 Å². The molecule has 2 rings (SSSR count). The highest BCUT2D eigenvalue weighted by Gasteiger charge is 2.28. The van der Waals surface area contributed by atoms with Crippen LogP contribution in [0.2, 0.25) is 5.15 Å². The fourth-order valence-corrected chi connectivity index (χ4v) is 3.53. The number of methoxy groups -OCH3 is 1. The van der Waals surface area contributed by atoms with Crippen LogP contribution in [-0.4, -0.2) is 36.9 Å². The Bertz CT molecular complexity index is 756. The maximum absolute atomic E-state index is 12.3. The van der Waals surface area contributed by atoms with Gasteiger partial charge in [0.1, 0.15) is 11.7 Å². The number of carbonyl (C=O) groups is 1. The van der Waals surface area contributed by atoms with Gasteiger partial charge in [0.25, 0.3) is 10.0 Å². The van der Waals surface area contributed by atoms with E-state index in [2.05, 4.69) is 14.4 Å². The van der Waals surface area contributed by atoms with Crippen molar-refractivity contribution in [1.82, 2.24) is 14.1 Å². The number of hydrogen-bond acceptors (Lipinski definition) is 5. The van der Waals surface area contributed by atoms with E-state index in [-0.39, 0.29) is 10.2 Å². The molecule has 0 aliphatic heterocycles. The highest BCUT2D eigenvalue weighted by molar-refractivity contribution is 7.89. The minimum Gasteiger partial charge on any atom is -0.468 e. The van der Waals surface area contributed by atoms with Gasteiger partial charge >= 0.3 is 5.97 Å². The third kappa shape index (κ3) is 2.62. The van der Waals surface area contributed by atoms with Crippen LogP contribution < -0.4 is 4.72 Å². The summed E-state index contributed by atoms with van der Waals surface area (Å²) in [6.07, 6.45) is 1.52. The largest absolute Gasteiger partial charge is 0.468 e. The minimum atomic E-state index is -4.01. The molecule has 108 valence electrons. The average Bonchev–Trinajstić information content (AvgIpc) is 2.73. The van der Waals surface area contributed by atoms with Crippen molar-refractivity contribution in [2.24, 2.45) is 0 Å². The summed E-state index contributed by atoms with van der Waals surface area (Å²) in [6.45, 7) is 1.38. The van der Waals surface area contributed by atoms with Crippen molar-refractivity contribution in [3.63, 3.8) is 0 Å². The molecule has 0 aromatic carbocycles. The van der Waals surface area contributed by atoms with Crippen LogP contribution in [0.1, 0.15) is 6.92 Å². The Morgan fingerprint density at radius 2 is 2.20 bits per heavy atom. The van der Waals surface area contributed by atoms with Gasteiger partial charge in [-0.15, -0.1) is 0 Å². The normalized spacial score (nSPS) is 13.3. The predicted molar refractivity (Wildman–Crippen MR) is 72.0 cm³/mol. The molecule has 2 heterocycles. The molecule has 2 aromatic rings. The number of carbonyl (C=O) groups excluding carboxylic acids is 1. The van der Waals surface area contributed by atoms with E-state index in [1.807, 2.05) is 0 Å². The van der Waals surface area contributed by atoms with Crippen LogP contribution in [0.25, 0.3) is 5.65 Å². The quantitative estimate of drug-likeness (QED) is 0.843. The second kappa shape index (κ2) is 5.39. The molecule has 1 unspecified atom stereocenters. The first-order chi connectivity index (χ1) is 9.36. The summed E-state index contributed by atoms with van der Waals surface area (Å²) in [5, 5.41) is -0.383. The number of pyridine rings is 1. The first-order valence-electron chi connectivity index (χ1n) is 5.59. The highest BCUT2D eigenvalue weighted by Crippen LogP contribution is 2.22. The number of esters is 1. The van der Waals surface area contributed by atoms with Gasteiger partial charge in [0.05, 0.1) is 7.11 Å². The van der Waals surface area contributed by atoms with Crippen molar-refractivity contribution in [1.29, 1.82) is 0 Å². The Morgan fingerprint density at radius 1 is 1.50 bits per heavy atom. The second-order valence-electron chi connectivity index (χ2n) is 4.00. The molecule has 2 aromatic heterocycles. The van der Waals surface area contributed by atoms with Gasteiger partial charge in [-0.05, 0) is 19.1 Å². The molecule has 0 bridgehead atoms. The van der Waals surface area contributed by atoms with Crippen LogP contribution in [0, 0.1) is 0 Å². The first kappa shape index (κ1) is 14.8. The third-order valence-electron chi connectivity index (χ3n) is 2.59. The van der Waals surface area contributed by atoms with Crippen LogP contribution >= 0.6 is 11.6 Å². The van der Waals surface area contributed by atoms with Gasteiger partial charge < -0.3 is 4.74 Å². The predicted octanol–water partition coefficient (Wildman–Crippen LogP) is 0.827. The van der Waals surface area contributed by atoms with E-state index in [0.29, 0.717) is 5.65 Å². The number of rotatable bonds is 4. The van der Waals surface area contributed by atoms with E-state index in [9.17, 15) is 13.2 Å². The van der Waals surface area contributed by atoms with Crippen molar-refractivity contribution in [2.45, 2.75) is 18.0 Å². The van der Waals surface area contributed by atoms with Gasteiger partial charge in [-0.3, -0.25) is 9.20 Å². The number of fused-ring (bicyclic) bond motifs is 1. The van der Waals surface area contributed by atoms with Gasteiger partial charge in [0, 0.05) is 6.20 Å². The summed E-state index contributed by atoms with van der Waals surface area (Å²) in [7, 11) is -2.84. The monoisotopic (exact) mass is 317 g/mol. The molecule has 1 atom stereocenters. The molecule has 0 aliphatic carbocycles. The molecule has 9 heteroatoms. The van der Waals surface area contributed by atoms with Crippen LogP contribution in [0.5, 0.6) is 0 Å². The molecule has 0 saturated carbocycles. The Kier molecular flexibility index (Phi) is 3.98. The lowest BCUT2D eigenvalue weighted by Crippen LogP contribution is -2.39. The first-order valence-corrected chi connectivity index (χ1v) is 7.45. The molecule has 0 amide bonds. The molecular weight excluding hydrogens is 306 g/mol. The van der Waals surface area contributed by atoms with E-state index >= 15 is 0 Å². The van der Waals surface area contributed by atoms with E-state index in [4.69, 9.17) is 11.6 Å². The van der Waals surface area contributed by atoms with E-state index in [1.54, 1.807) is 18.2 Å². The van der Waals surface area contributed by atoms with Crippen molar-refractivity contribution in [3.05, 3.63) is 29.5 Å². The lowest BCUT2D eigenvalue weighted by Gasteiger charge is -2.11. The van der Waals surface area contributed by atoms with Crippen LogP contribution in [0.15, 0.2) is 29.4 Å². The van der Waals surface area contributed by atoms with Crippen molar-refractivity contribution >= 4 is 33.2 Å². The summed E-state index contributed by atoms with van der Waals surface area (Å²) in [5.74, 6) is -0.696. The maximum atomic E-state index is 12.3. The zero-order valence-electron chi connectivity index (χ0n) is 10.7. The zero-order chi connectivity index (χ0) is 14.9. The van der Waals surface area contributed by atoms with Gasteiger partial charge in [-0.1, -0.05) is 17.7 Å². The van der Waals surface area contributed by atoms with Crippen LogP contribution in [0.4, 0.5) is 0 Å². The summed E-state index contributed by atoms with van der Waals surface area (Å²) in [6, 6.07) is 3.94. The summed E-state index contributed by atoms with van der Waals surface area (Å²) in [4.78, 5) is 15.2. The van der Waals surface area contributed by atoms with E-state index in [1.165, 1.54) is 24.6 Å². The zero-order valence-corrected chi connectivity index (χ0v) is 12.3. The smallest absolute Gasteiger partial charge is 0.323 e. The molecular formula is C11H12ClN3O4S. The number of imidazole rings is 1. The van der Waals surface area contributed by atoms with Gasteiger partial charge in [0.15, 0.2) is 10.2 Å².